The minimum absolute atomic E-state index is 0. The molecule has 2 aliphatic heterocycles. The van der Waals surface area contributed by atoms with E-state index in [1.54, 1.807) is 0 Å². The van der Waals surface area contributed by atoms with Crippen LogP contribution >= 0.6 is 0 Å². The molecule has 0 radical (unpaired) electrons. The lowest BCUT2D eigenvalue weighted by molar-refractivity contribution is -0.906. The molecular weight excluding hydrogens is 299 g/mol. The molecule has 0 aliphatic carbocycles. The second-order valence-electron chi connectivity index (χ2n) is 5.31. The van der Waals surface area contributed by atoms with Gasteiger partial charge in [-0.2, -0.15) is 0 Å². The van der Waals surface area contributed by atoms with Gasteiger partial charge in [0.25, 0.3) is 0 Å². The maximum Gasteiger partial charge on any atom is 0.0777 e. The molecule has 0 atom stereocenters. The summed E-state index contributed by atoms with van der Waals surface area (Å²) in [4.78, 5) is 4.46. The minimum atomic E-state index is 0. The zero-order valence-corrected chi connectivity index (χ0v) is 12.3. The topological polar surface area (TPSA) is 7.68 Å². The Labute approximate surface area is 111 Å². The Morgan fingerprint density at radius 1 is 1.13 bits per heavy atom. The summed E-state index contributed by atoms with van der Waals surface area (Å²) >= 11 is 0. The maximum absolute atomic E-state index is 2.64. The number of nitrogens with zero attached hydrogens (tertiary/aromatic N) is 1. The lowest BCUT2D eigenvalue weighted by Crippen LogP contribution is -3.13. The molecule has 0 bridgehead atoms. The Bertz CT molecular complexity index is 173. The van der Waals surface area contributed by atoms with Crippen LogP contribution in [0.3, 0.4) is 0 Å². The van der Waals surface area contributed by atoms with Crippen molar-refractivity contribution in [3.8, 4) is 0 Å². The first-order valence-electron chi connectivity index (χ1n) is 6.34. The van der Waals surface area contributed by atoms with Crippen LogP contribution in [0.5, 0.6) is 0 Å². The van der Waals surface area contributed by atoms with Crippen LogP contribution in [0, 0.1) is 5.41 Å². The first kappa shape index (κ1) is 13.7. The largest absolute Gasteiger partial charge is 1.00 e. The molecule has 0 saturated carbocycles. The molecule has 2 nitrogen and oxygen atoms in total. The van der Waals surface area contributed by atoms with E-state index < -0.39 is 0 Å². The van der Waals surface area contributed by atoms with Crippen LogP contribution < -0.4 is 28.9 Å². The van der Waals surface area contributed by atoms with Gasteiger partial charge in [-0.05, 0) is 19.9 Å². The summed E-state index contributed by atoms with van der Waals surface area (Å²) < 4.78 is 0. The maximum atomic E-state index is 2.64. The Morgan fingerprint density at radius 3 is 2.20 bits per heavy atom. The highest BCUT2D eigenvalue weighted by Gasteiger charge is 2.45. The number of nitrogens with one attached hydrogen (secondary N) is 1. The van der Waals surface area contributed by atoms with Gasteiger partial charge in [-0.1, -0.05) is 6.92 Å². The van der Waals surface area contributed by atoms with Crippen molar-refractivity contribution in [3.05, 3.63) is 0 Å². The molecule has 0 unspecified atom stereocenters. The fourth-order valence-electron chi connectivity index (χ4n) is 3.18. The van der Waals surface area contributed by atoms with Crippen LogP contribution in [-0.4, -0.2) is 44.2 Å². The third-order valence-electron chi connectivity index (χ3n) is 4.18. The average molecular weight is 324 g/mol. The van der Waals surface area contributed by atoms with Crippen molar-refractivity contribution < 1.29 is 28.9 Å². The van der Waals surface area contributed by atoms with Gasteiger partial charge in [-0.3, -0.25) is 0 Å². The molecule has 2 aliphatic rings. The molecule has 2 saturated heterocycles. The Hall–Kier alpha value is 0.650. The average Bonchev–Trinajstić information content (AvgIpc) is 2.17. The van der Waals surface area contributed by atoms with Crippen molar-refractivity contribution in [1.29, 1.82) is 0 Å². The molecule has 2 fully saturated rings. The number of quaternary nitrogens is 1. The van der Waals surface area contributed by atoms with Gasteiger partial charge in [-0.15, -0.1) is 0 Å². The van der Waals surface area contributed by atoms with Crippen molar-refractivity contribution in [2.24, 2.45) is 5.41 Å². The predicted octanol–water partition coefficient (Wildman–Crippen LogP) is -2.60. The number of rotatable bonds is 3. The van der Waals surface area contributed by atoms with E-state index in [-0.39, 0.29) is 24.0 Å². The summed E-state index contributed by atoms with van der Waals surface area (Å²) in [5.74, 6) is 0. The number of halogens is 1. The molecule has 0 amide bonds. The summed E-state index contributed by atoms with van der Waals surface area (Å²) in [5, 5.41) is 0. The summed E-state index contributed by atoms with van der Waals surface area (Å²) in [6.07, 6.45) is 4.29. The smallest absolute Gasteiger partial charge is 0.0777 e. The van der Waals surface area contributed by atoms with E-state index >= 15 is 0 Å². The van der Waals surface area contributed by atoms with E-state index in [0.29, 0.717) is 0 Å². The molecule has 2 heterocycles. The molecule has 1 spiro atoms. The molecule has 1 N–H and O–H groups in total. The quantitative estimate of drug-likeness (QED) is 0.560. The summed E-state index contributed by atoms with van der Waals surface area (Å²) in [5.41, 5.74) is 0.758. The van der Waals surface area contributed by atoms with E-state index in [1.807, 2.05) is 4.90 Å². The van der Waals surface area contributed by atoms with Gasteiger partial charge in [0.15, 0.2) is 0 Å². The third kappa shape index (κ3) is 3.07. The third-order valence-corrected chi connectivity index (χ3v) is 4.18. The van der Waals surface area contributed by atoms with Crippen LogP contribution in [0.2, 0.25) is 0 Å². The van der Waals surface area contributed by atoms with Crippen LogP contribution in [-0.2, 0) is 0 Å². The number of likely N-dealkylation sites (tertiary alicyclic amines) is 2. The summed E-state index contributed by atoms with van der Waals surface area (Å²) in [6.45, 7) is 12.9. The van der Waals surface area contributed by atoms with Gasteiger partial charge in [0.2, 0.25) is 0 Å². The van der Waals surface area contributed by atoms with Gasteiger partial charge in [-0.25, -0.2) is 0 Å². The molecule has 0 aromatic heterocycles. The van der Waals surface area contributed by atoms with E-state index in [4.69, 9.17) is 0 Å². The van der Waals surface area contributed by atoms with Crippen molar-refractivity contribution in [2.45, 2.75) is 33.1 Å². The van der Waals surface area contributed by atoms with E-state index in [2.05, 4.69) is 18.7 Å². The van der Waals surface area contributed by atoms with Crippen LogP contribution in [0.15, 0.2) is 0 Å². The lowest BCUT2D eigenvalue weighted by atomic mass is 9.72. The van der Waals surface area contributed by atoms with Gasteiger partial charge in [0.1, 0.15) is 0 Å². The Morgan fingerprint density at radius 2 is 1.73 bits per heavy atom. The molecular formula is C12H25IN2. The van der Waals surface area contributed by atoms with E-state index in [1.165, 1.54) is 58.5 Å². The SMILES string of the molecule is CCCN1CC2(CC[NH+](CC)CC2)C1.[I-]. The highest BCUT2D eigenvalue weighted by Crippen LogP contribution is 2.37. The summed E-state index contributed by atoms with van der Waals surface area (Å²) in [7, 11) is 0. The van der Waals surface area contributed by atoms with Crippen molar-refractivity contribution in [1.82, 2.24) is 4.90 Å². The first-order valence-corrected chi connectivity index (χ1v) is 6.34. The molecule has 90 valence electrons. The molecule has 0 aromatic carbocycles. The normalized spacial score (nSPS) is 26.0. The van der Waals surface area contributed by atoms with Crippen LogP contribution in [0.25, 0.3) is 0 Å². The van der Waals surface area contributed by atoms with Crippen LogP contribution in [0.4, 0.5) is 0 Å². The van der Waals surface area contributed by atoms with Crippen molar-refractivity contribution >= 4 is 0 Å². The van der Waals surface area contributed by atoms with Gasteiger partial charge >= 0.3 is 0 Å². The Kier molecular flexibility index (Phi) is 5.32. The van der Waals surface area contributed by atoms with Crippen molar-refractivity contribution in [3.63, 3.8) is 0 Å². The standard InChI is InChI=1S/C12H24N2.HI/c1-3-7-14-10-12(11-14)5-8-13(4-2)9-6-12;/h3-11H2,1-2H3;1H. The zero-order valence-electron chi connectivity index (χ0n) is 10.2. The highest BCUT2D eigenvalue weighted by molar-refractivity contribution is 4.95. The zero-order chi connectivity index (χ0) is 10.0. The minimum Gasteiger partial charge on any atom is -1.00 e. The Balaban J connectivity index is 0.00000112. The monoisotopic (exact) mass is 324 g/mol. The fraction of sp³-hybridized carbons (Fsp3) is 1.00. The second-order valence-corrected chi connectivity index (χ2v) is 5.31. The molecule has 3 heteroatoms. The second kappa shape index (κ2) is 5.82. The van der Waals surface area contributed by atoms with Crippen molar-refractivity contribution in [2.75, 3.05) is 39.3 Å². The van der Waals surface area contributed by atoms with Gasteiger partial charge in [0, 0.05) is 31.3 Å². The summed E-state index contributed by atoms with van der Waals surface area (Å²) in [6, 6.07) is 0. The van der Waals surface area contributed by atoms with E-state index in [9.17, 15) is 0 Å². The predicted molar refractivity (Wildman–Crippen MR) is 59.6 cm³/mol. The number of hydrogen-bond donors (Lipinski definition) is 1. The number of piperidine rings is 1. The van der Waals surface area contributed by atoms with Gasteiger partial charge < -0.3 is 33.8 Å². The highest BCUT2D eigenvalue weighted by atomic mass is 127. The first-order chi connectivity index (χ1) is 6.78. The van der Waals surface area contributed by atoms with Crippen LogP contribution in [0.1, 0.15) is 33.1 Å². The van der Waals surface area contributed by atoms with E-state index in [0.717, 1.165) is 5.41 Å². The molecule has 0 aromatic rings. The number of hydrogen-bond acceptors (Lipinski definition) is 1. The lowest BCUT2D eigenvalue weighted by Gasteiger charge is -2.53. The molecule has 15 heavy (non-hydrogen) atoms. The fourth-order valence-corrected chi connectivity index (χ4v) is 3.18. The molecule has 2 rings (SSSR count). The van der Waals surface area contributed by atoms with Gasteiger partial charge in [0.05, 0.1) is 19.6 Å².